The van der Waals surface area contributed by atoms with Gasteiger partial charge in [-0.1, -0.05) is 6.07 Å². The number of hydrogen-bond acceptors (Lipinski definition) is 3. The van der Waals surface area contributed by atoms with Crippen LogP contribution < -0.4 is 5.32 Å². The van der Waals surface area contributed by atoms with Crippen LogP contribution in [-0.2, 0) is 6.54 Å². The number of rotatable bonds is 6. The van der Waals surface area contributed by atoms with Gasteiger partial charge in [-0.25, -0.2) is 4.39 Å². The van der Waals surface area contributed by atoms with E-state index in [9.17, 15) is 9.65 Å². The Balaban J connectivity index is 1.69. The van der Waals surface area contributed by atoms with Crippen LogP contribution in [0.4, 0.5) is 4.39 Å². The van der Waals surface area contributed by atoms with Gasteiger partial charge in [0.1, 0.15) is 5.82 Å². The van der Waals surface area contributed by atoms with E-state index in [1.807, 2.05) is 0 Å². The Hall–Kier alpha value is -1.44. The van der Waals surface area contributed by atoms with Crippen LogP contribution >= 0.6 is 0 Å². The molecule has 112 valence electrons. The van der Waals surface area contributed by atoms with Crippen LogP contribution in [0.15, 0.2) is 18.2 Å². The van der Waals surface area contributed by atoms with Gasteiger partial charge in [0.15, 0.2) is 0 Å². The lowest BCUT2D eigenvalue weighted by Gasteiger charge is -2.26. The average molecular weight is 287 g/mol. The fourth-order valence-electron chi connectivity index (χ4n) is 3.12. The molecule has 1 atom stereocenters. The third-order valence-electron chi connectivity index (χ3n) is 4.44. The Morgan fingerprint density at radius 3 is 2.81 bits per heavy atom. The first kappa shape index (κ1) is 14.5. The second kappa shape index (κ2) is 6.55. The lowest BCUT2D eigenvalue weighted by Crippen LogP contribution is -2.38. The lowest BCUT2D eigenvalue weighted by atomic mass is 10.1. The molecule has 21 heavy (non-hydrogen) atoms. The normalized spacial score (nSPS) is 21.7. The SMILES string of the molecule is N#Cc1cc(F)ccc1CN(CC1CC1)CC1CCCN1. The smallest absolute Gasteiger partial charge is 0.124 e. The van der Waals surface area contributed by atoms with E-state index in [0.29, 0.717) is 11.6 Å². The van der Waals surface area contributed by atoms with E-state index < -0.39 is 0 Å². The molecule has 0 aromatic heterocycles. The van der Waals surface area contributed by atoms with E-state index in [-0.39, 0.29) is 5.82 Å². The van der Waals surface area contributed by atoms with Crippen molar-refractivity contribution in [1.29, 1.82) is 5.26 Å². The standard InChI is InChI=1S/C17H22FN3/c18-16-6-5-14(15(8-16)9-19)11-21(10-13-3-4-13)12-17-2-1-7-20-17/h5-6,8,13,17,20H,1-4,7,10-12H2. The van der Waals surface area contributed by atoms with Gasteiger partial charge in [0, 0.05) is 25.7 Å². The summed E-state index contributed by atoms with van der Waals surface area (Å²) in [4.78, 5) is 2.44. The van der Waals surface area contributed by atoms with Crippen LogP contribution in [0.3, 0.4) is 0 Å². The molecular formula is C17H22FN3. The molecule has 3 rings (SSSR count). The van der Waals surface area contributed by atoms with E-state index in [2.05, 4.69) is 16.3 Å². The molecule has 1 heterocycles. The summed E-state index contributed by atoms with van der Waals surface area (Å²) in [5.41, 5.74) is 1.41. The maximum absolute atomic E-state index is 13.2. The minimum Gasteiger partial charge on any atom is -0.313 e. The Morgan fingerprint density at radius 2 is 2.14 bits per heavy atom. The molecule has 3 nitrogen and oxygen atoms in total. The molecule has 0 amide bonds. The molecule has 1 unspecified atom stereocenters. The zero-order valence-electron chi connectivity index (χ0n) is 12.3. The van der Waals surface area contributed by atoms with E-state index in [0.717, 1.165) is 37.7 Å². The fourth-order valence-corrected chi connectivity index (χ4v) is 3.12. The first-order chi connectivity index (χ1) is 10.2. The molecule has 1 aromatic carbocycles. The summed E-state index contributed by atoms with van der Waals surface area (Å²) in [6, 6.07) is 7.25. The Kier molecular flexibility index (Phi) is 4.52. The van der Waals surface area contributed by atoms with Crippen LogP contribution in [0.25, 0.3) is 0 Å². The van der Waals surface area contributed by atoms with E-state index in [4.69, 9.17) is 0 Å². The van der Waals surface area contributed by atoms with E-state index in [1.54, 1.807) is 6.07 Å². The van der Waals surface area contributed by atoms with Gasteiger partial charge in [0.25, 0.3) is 0 Å². The van der Waals surface area contributed by atoms with Gasteiger partial charge in [0.2, 0.25) is 0 Å². The zero-order chi connectivity index (χ0) is 14.7. The summed E-state index contributed by atoms with van der Waals surface area (Å²) >= 11 is 0. The Labute approximate surface area is 125 Å². The number of benzene rings is 1. The molecular weight excluding hydrogens is 265 g/mol. The predicted molar refractivity (Wildman–Crippen MR) is 80.1 cm³/mol. The van der Waals surface area contributed by atoms with Gasteiger partial charge in [-0.3, -0.25) is 4.90 Å². The summed E-state index contributed by atoms with van der Waals surface area (Å²) in [5, 5.41) is 12.7. The lowest BCUT2D eigenvalue weighted by molar-refractivity contribution is 0.231. The van der Waals surface area contributed by atoms with Crippen molar-refractivity contribution < 1.29 is 4.39 Å². The summed E-state index contributed by atoms with van der Waals surface area (Å²) in [6.45, 7) is 3.99. The van der Waals surface area contributed by atoms with Crippen molar-refractivity contribution in [2.45, 2.75) is 38.3 Å². The molecule has 2 fully saturated rings. The maximum atomic E-state index is 13.2. The highest BCUT2D eigenvalue weighted by atomic mass is 19.1. The highest BCUT2D eigenvalue weighted by Crippen LogP contribution is 2.30. The van der Waals surface area contributed by atoms with Gasteiger partial charge in [-0.2, -0.15) is 5.26 Å². The molecule has 0 radical (unpaired) electrons. The highest BCUT2D eigenvalue weighted by molar-refractivity contribution is 5.37. The largest absolute Gasteiger partial charge is 0.313 e. The summed E-state index contributed by atoms with van der Waals surface area (Å²) in [6.07, 6.45) is 5.13. The Morgan fingerprint density at radius 1 is 1.29 bits per heavy atom. The molecule has 0 bridgehead atoms. The number of nitrogens with zero attached hydrogens (tertiary/aromatic N) is 2. The first-order valence-corrected chi connectivity index (χ1v) is 7.89. The average Bonchev–Trinajstić information content (AvgIpc) is 3.14. The summed E-state index contributed by atoms with van der Waals surface area (Å²) in [5.74, 6) is 0.485. The fraction of sp³-hybridized carbons (Fsp3) is 0.588. The minimum absolute atomic E-state index is 0.332. The van der Waals surface area contributed by atoms with Gasteiger partial charge >= 0.3 is 0 Å². The van der Waals surface area contributed by atoms with Crippen LogP contribution in [0, 0.1) is 23.1 Å². The second-order valence-corrected chi connectivity index (χ2v) is 6.34. The van der Waals surface area contributed by atoms with Crippen LogP contribution in [-0.4, -0.2) is 30.6 Å². The summed E-state index contributed by atoms with van der Waals surface area (Å²) in [7, 11) is 0. The number of nitriles is 1. The van der Waals surface area contributed by atoms with Gasteiger partial charge in [0.05, 0.1) is 11.6 Å². The summed E-state index contributed by atoms with van der Waals surface area (Å²) < 4.78 is 13.2. The highest BCUT2D eigenvalue weighted by Gasteiger charge is 2.26. The number of halogens is 1. The van der Waals surface area contributed by atoms with Gasteiger partial charge in [-0.15, -0.1) is 0 Å². The van der Waals surface area contributed by atoms with Crippen LogP contribution in [0.1, 0.15) is 36.8 Å². The molecule has 0 spiro atoms. The number of hydrogen-bond donors (Lipinski definition) is 1. The Bertz CT molecular complexity index is 527. The molecule has 1 saturated carbocycles. The van der Waals surface area contributed by atoms with Crippen molar-refractivity contribution in [3.8, 4) is 6.07 Å². The molecule has 1 aliphatic carbocycles. The monoisotopic (exact) mass is 287 g/mol. The van der Waals surface area contributed by atoms with E-state index >= 15 is 0 Å². The number of nitrogens with one attached hydrogen (secondary N) is 1. The third-order valence-corrected chi connectivity index (χ3v) is 4.44. The molecule has 1 aromatic rings. The van der Waals surface area contributed by atoms with Crippen LogP contribution in [0.2, 0.25) is 0 Å². The molecule has 4 heteroatoms. The third kappa shape index (κ3) is 4.03. The van der Waals surface area contributed by atoms with Crippen molar-refractivity contribution in [2.24, 2.45) is 5.92 Å². The molecule has 1 aliphatic heterocycles. The van der Waals surface area contributed by atoms with Gasteiger partial charge < -0.3 is 5.32 Å². The first-order valence-electron chi connectivity index (χ1n) is 7.89. The molecule has 1 N–H and O–H groups in total. The van der Waals surface area contributed by atoms with Crippen molar-refractivity contribution in [2.75, 3.05) is 19.6 Å². The zero-order valence-corrected chi connectivity index (χ0v) is 12.3. The second-order valence-electron chi connectivity index (χ2n) is 6.34. The van der Waals surface area contributed by atoms with Crippen molar-refractivity contribution >= 4 is 0 Å². The van der Waals surface area contributed by atoms with Crippen molar-refractivity contribution in [3.63, 3.8) is 0 Å². The van der Waals surface area contributed by atoms with Crippen molar-refractivity contribution in [3.05, 3.63) is 35.1 Å². The predicted octanol–water partition coefficient (Wildman–Crippen LogP) is 2.66. The van der Waals surface area contributed by atoms with Crippen LogP contribution in [0.5, 0.6) is 0 Å². The molecule has 2 aliphatic rings. The van der Waals surface area contributed by atoms with Gasteiger partial charge in [-0.05, 0) is 55.8 Å². The quantitative estimate of drug-likeness (QED) is 0.874. The maximum Gasteiger partial charge on any atom is 0.124 e. The van der Waals surface area contributed by atoms with E-state index in [1.165, 1.54) is 37.8 Å². The minimum atomic E-state index is -0.332. The molecule has 1 saturated heterocycles. The van der Waals surface area contributed by atoms with Crippen molar-refractivity contribution in [1.82, 2.24) is 10.2 Å². The topological polar surface area (TPSA) is 39.1 Å².